The predicted octanol–water partition coefficient (Wildman–Crippen LogP) is 2.97. The number of halogens is 1. The predicted molar refractivity (Wildman–Crippen MR) is 82.1 cm³/mol. The van der Waals surface area contributed by atoms with Gasteiger partial charge in [-0.3, -0.25) is 4.90 Å². The molecule has 1 unspecified atom stereocenters. The van der Waals surface area contributed by atoms with Crippen LogP contribution in [0.25, 0.3) is 0 Å². The van der Waals surface area contributed by atoms with Crippen molar-refractivity contribution in [3.63, 3.8) is 0 Å². The zero-order chi connectivity index (χ0) is 13.9. The second-order valence-electron chi connectivity index (χ2n) is 5.73. The minimum Gasteiger partial charge on any atom is -0.369 e. The van der Waals surface area contributed by atoms with Crippen molar-refractivity contribution in [1.82, 2.24) is 4.90 Å². The Balaban J connectivity index is 1.75. The molecule has 2 heterocycles. The first-order valence-corrected chi connectivity index (χ1v) is 7.93. The van der Waals surface area contributed by atoms with E-state index in [1.165, 1.54) is 32.4 Å². The molecule has 0 spiro atoms. The van der Waals surface area contributed by atoms with E-state index in [9.17, 15) is 5.26 Å². The zero-order valence-electron chi connectivity index (χ0n) is 11.7. The van der Waals surface area contributed by atoms with Crippen molar-refractivity contribution >= 4 is 17.3 Å². The molecule has 1 aromatic rings. The maximum Gasteiger partial charge on any atom is 0.101 e. The molecule has 3 rings (SSSR count). The number of nitriles is 1. The van der Waals surface area contributed by atoms with Gasteiger partial charge < -0.3 is 4.90 Å². The summed E-state index contributed by atoms with van der Waals surface area (Å²) in [5.41, 5.74) is 2.84. The Labute approximate surface area is 125 Å². The second kappa shape index (κ2) is 6.03. The van der Waals surface area contributed by atoms with Crippen LogP contribution in [-0.4, -0.2) is 37.1 Å². The number of hydrogen-bond acceptors (Lipinski definition) is 3. The highest BCUT2D eigenvalue weighted by molar-refractivity contribution is 6.17. The van der Waals surface area contributed by atoms with Crippen molar-refractivity contribution in [2.45, 2.75) is 31.2 Å². The van der Waals surface area contributed by atoms with Gasteiger partial charge in [0.05, 0.1) is 11.3 Å². The van der Waals surface area contributed by atoms with Gasteiger partial charge in [0.15, 0.2) is 0 Å². The molecule has 2 saturated heterocycles. The number of alkyl halides is 1. The first-order valence-electron chi connectivity index (χ1n) is 7.40. The highest BCUT2D eigenvalue weighted by atomic mass is 35.5. The molecule has 4 heteroatoms. The van der Waals surface area contributed by atoms with Crippen LogP contribution in [0.15, 0.2) is 18.2 Å². The highest BCUT2D eigenvalue weighted by Crippen LogP contribution is 2.28. The van der Waals surface area contributed by atoms with Gasteiger partial charge in [-0.05, 0) is 50.0 Å². The fraction of sp³-hybridized carbons (Fsp3) is 0.562. The third-order valence-corrected chi connectivity index (χ3v) is 4.81. The van der Waals surface area contributed by atoms with Gasteiger partial charge in [0.2, 0.25) is 0 Å². The van der Waals surface area contributed by atoms with Crippen molar-refractivity contribution in [3.05, 3.63) is 29.3 Å². The first kappa shape index (κ1) is 13.7. The summed E-state index contributed by atoms with van der Waals surface area (Å²) in [6, 6.07) is 9.00. The van der Waals surface area contributed by atoms with Gasteiger partial charge in [-0.2, -0.15) is 5.26 Å². The molecule has 2 fully saturated rings. The molecule has 3 nitrogen and oxygen atoms in total. The molecule has 2 aliphatic heterocycles. The molecule has 0 N–H and O–H groups in total. The van der Waals surface area contributed by atoms with Gasteiger partial charge in [0.1, 0.15) is 6.07 Å². The fourth-order valence-corrected chi connectivity index (χ4v) is 3.56. The van der Waals surface area contributed by atoms with Crippen LogP contribution >= 0.6 is 11.6 Å². The Hall–Kier alpha value is -1.24. The minimum atomic E-state index is 0.464. The molecule has 106 valence electrons. The van der Waals surface area contributed by atoms with Crippen molar-refractivity contribution in [2.24, 2.45) is 0 Å². The second-order valence-corrected chi connectivity index (χ2v) is 6.00. The third-order valence-electron chi connectivity index (χ3n) is 4.50. The summed E-state index contributed by atoms with van der Waals surface area (Å²) in [7, 11) is 0. The number of likely N-dealkylation sites (tertiary alicyclic amines) is 1. The summed E-state index contributed by atoms with van der Waals surface area (Å²) in [6.45, 7) is 4.59. The lowest BCUT2D eigenvalue weighted by Crippen LogP contribution is -2.35. The molecular weight excluding hydrogens is 270 g/mol. The van der Waals surface area contributed by atoms with Crippen LogP contribution in [0.4, 0.5) is 5.69 Å². The van der Waals surface area contributed by atoms with Crippen molar-refractivity contribution in [2.75, 3.05) is 31.1 Å². The van der Waals surface area contributed by atoms with Gasteiger partial charge >= 0.3 is 0 Å². The molecule has 0 saturated carbocycles. The van der Waals surface area contributed by atoms with E-state index in [1.54, 1.807) is 0 Å². The maximum atomic E-state index is 9.35. The van der Waals surface area contributed by atoms with Crippen molar-refractivity contribution in [1.29, 1.82) is 5.26 Å². The van der Waals surface area contributed by atoms with Crippen molar-refractivity contribution in [3.8, 4) is 6.07 Å². The zero-order valence-corrected chi connectivity index (χ0v) is 12.4. The number of benzene rings is 1. The standard InChI is InChI=1S/C16H20ClN3/c17-10-13-3-4-16(14(9-13)11-18)20-8-5-15(12-20)19-6-1-2-7-19/h3-4,9,15H,1-2,5-8,10,12H2. The molecule has 0 amide bonds. The molecule has 1 atom stereocenters. The fourth-order valence-electron chi connectivity index (χ4n) is 3.40. The monoisotopic (exact) mass is 289 g/mol. The Bertz CT molecular complexity index is 517. The molecule has 0 aliphatic carbocycles. The van der Waals surface area contributed by atoms with Crippen LogP contribution in [0.1, 0.15) is 30.4 Å². The van der Waals surface area contributed by atoms with Gasteiger partial charge in [-0.15, -0.1) is 11.6 Å². The lowest BCUT2D eigenvalue weighted by Gasteiger charge is -2.25. The normalized spacial score (nSPS) is 23.2. The van der Waals surface area contributed by atoms with Crippen molar-refractivity contribution < 1.29 is 0 Å². The van der Waals surface area contributed by atoms with Gasteiger partial charge in [-0.25, -0.2) is 0 Å². The van der Waals surface area contributed by atoms with Crippen LogP contribution < -0.4 is 4.90 Å². The van der Waals surface area contributed by atoms with Gasteiger partial charge in [0.25, 0.3) is 0 Å². The highest BCUT2D eigenvalue weighted by Gasteiger charge is 2.30. The van der Waals surface area contributed by atoms with E-state index >= 15 is 0 Å². The Morgan fingerprint density at radius 3 is 2.75 bits per heavy atom. The molecule has 0 bridgehead atoms. The molecular formula is C16H20ClN3. The van der Waals surface area contributed by atoms with Crippen LogP contribution in [0, 0.1) is 11.3 Å². The Morgan fingerprint density at radius 1 is 1.25 bits per heavy atom. The SMILES string of the molecule is N#Cc1cc(CCl)ccc1N1CCC(N2CCCC2)C1. The van der Waals surface area contributed by atoms with Crippen LogP contribution in [0.5, 0.6) is 0 Å². The number of rotatable bonds is 3. The van der Waals surface area contributed by atoms with Crippen LogP contribution in [-0.2, 0) is 5.88 Å². The average molecular weight is 290 g/mol. The maximum absolute atomic E-state index is 9.35. The number of anilines is 1. The topological polar surface area (TPSA) is 30.3 Å². The molecule has 2 aliphatic rings. The van der Waals surface area contributed by atoms with E-state index in [-0.39, 0.29) is 0 Å². The molecule has 0 aromatic heterocycles. The summed E-state index contributed by atoms with van der Waals surface area (Å²) in [5.74, 6) is 0.464. The van der Waals surface area contributed by atoms with E-state index in [0.29, 0.717) is 11.9 Å². The Kier molecular flexibility index (Phi) is 4.14. The third kappa shape index (κ3) is 2.63. The summed E-state index contributed by atoms with van der Waals surface area (Å²) >= 11 is 5.85. The molecule has 1 aromatic carbocycles. The molecule has 0 radical (unpaired) electrons. The largest absolute Gasteiger partial charge is 0.369 e. The van der Waals surface area contributed by atoms with E-state index in [0.717, 1.165) is 29.9 Å². The minimum absolute atomic E-state index is 0.464. The summed E-state index contributed by atoms with van der Waals surface area (Å²) < 4.78 is 0. The molecule has 20 heavy (non-hydrogen) atoms. The Morgan fingerprint density at radius 2 is 2.05 bits per heavy atom. The first-order chi connectivity index (χ1) is 9.81. The van der Waals surface area contributed by atoms with Crippen LogP contribution in [0.2, 0.25) is 0 Å². The number of hydrogen-bond donors (Lipinski definition) is 0. The van der Waals surface area contributed by atoms with Crippen LogP contribution in [0.3, 0.4) is 0 Å². The van der Waals surface area contributed by atoms with E-state index in [1.807, 2.05) is 12.1 Å². The smallest absolute Gasteiger partial charge is 0.101 e. The average Bonchev–Trinajstić information content (AvgIpc) is 3.17. The van der Waals surface area contributed by atoms with Gasteiger partial charge in [-0.1, -0.05) is 6.07 Å². The lowest BCUT2D eigenvalue weighted by atomic mass is 10.1. The summed E-state index contributed by atoms with van der Waals surface area (Å²) in [5, 5.41) is 9.35. The quantitative estimate of drug-likeness (QED) is 0.802. The number of nitrogens with zero attached hydrogens (tertiary/aromatic N) is 3. The van der Waals surface area contributed by atoms with E-state index < -0.39 is 0 Å². The van der Waals surface area contributed by atoms with Gasteiger partial charge in [0, 0.05) is 25.0 Å². The lowest BCUT2D eigenvalue weighted by molar-refractivity contribution is 0.260. The summed E-state index contributed by atoms with van der Waals surface area (Å²) in [6.07, 6.45) is 3.89. The van der Waals surface area contributed by atoms with E-state index in [2.05, 4.69) is 21.9 Å². The van der Waals surface area contributed by atoms with E-state index in [4.69, 9.17) is 11.6 Å². The summed E-state index contributed by atoms with van der Waals surface area (Å²) in [4.78, 5) is 4.97.